The van der Waals surface area contributed by atoms with E-state index in [1.807, 2.05) is 12.2 Å². The van der Waals surface area contributed by atoms with Gasteiger partial charge in [0.25, 0.3) is 0 Å². The molecule has 3 nitrogen and oxygen atoms in total. The average Bonchev–Trinajstić information content (AvgIpc) is 2.55. The first-order valence-electron chi connectivity index (χ1n) is 7.24. The van der Waals surface area contributed by atoms with Crippen LogP contribution in [0.25, 0.3) is 6.08 Å². The molecule has 0 bridgehead atoms. The summed E-state index contributed by atoms with van der Waals surface area (Å²) in [6.07, 6.45) is 4.88. The number of pyridine rings is 1. The van der Waals surface area contributed by atoms with Gasteiger partial charge in [-0.3, -0.25) is 4.98 Å². The fraction of sp³-hybridized carbons (Fsp3) is 0.562. The van der Waals surface area contributed by atoms with Crippen LogP contribution in [-0.2, 0) is 15.7 Å². The molecule has 2 rings (SSSR count). The van der Waals surface area contributed by atoms with Crippen LogP contribution in [0.3, 0.4) is 0 Å². The van der Waals surface area contributed by atoms with Crippen molar-refractivity contribution < 1.29 is 9.31 Å². The molecule has 0 aliphatic carbocycles. The number of hydrogen-bond donors (Lipinski definition) is 0. The average molecular weight is 273 g/mol. The third-order valence-electron chi connectivity index (χ3n) is 4.18. The van der Waals surface area contributed by atoms with Gasteiger partial charge in [-0.25, -0.2) is 0 Å². The largest absolute Gasteiger partial charge is 0.487 e. The van der Waals surface area contributed by atoms with E-state index in [4.69, 9.17) is 9.31 Å². The van der Waals surface area contributed by atoms with Crippen LogP contribution in [0.4, 0.5) is 0 Å². The Labute approximate surface area is 122 Å². The van der Waals surface area contributed by atoms with E-state index in [-0.39, 0.29) is 18.3 Å². The van der Waals surface area contributed by atoms with Crippen molar-refractivity contribution >= 4 is 13.2 Å². The first kappa shape index (κ1) is 15.3. The van der Waals surface area contributed by atoms with Crippen molar-refractivity contribution in [3.63, 3.8) is 0 Å². The van der Waals surface area contributed by atoms with Crippen molar-refractivity contribution in [1.29, 1.82) is 0 Å². The van der Waals surface area contributed by atoms with Gasteiger partial charge in [0.1, 0.15) is 0 Å². The van der Waals surface area contributed by atoms with Gasteiger partial charge in [0.2, 0.25) is 0 Å². The van der Waals surface area contributed by atoms with Crippen LogP contribution >= 0.6 is 0 Å². The predicted molar refractivity (Wildman–Crippen MR) is 83.5 cm³/mol. The third-order valence-corrected chi connectivity index (χ3v) is 4.18. The monoisotopic (exact) mass is 273 g/mol. The van der Waals surface area contributed by atoms with Crippen molar-refractivity contribution in [1.82, 2.24) is 4.98 Å². The van der Waals surface area contributed by atoms with Gasteiger partial charge in [0, 0.05) is 11.9 Å². The van der Waals surface area contributed by atoms with Crippen LogP contribution in [0.5, 0.6) is 0 Å². The molecular formula is C16H24BNO2. The molecule has 1 saturated heterocycles. The summed E-state index contributed by atoms with van der Waals surface area (Å²) < 4.78 is 11.9. The fourth-order valence-electron chi connectivity index (χ4n) is 2.21. The van der Waals surface area contributed by atoms with Crippen molar-refractivity contribution in [3.8, 4) is 0 Å². The van der Waals surface area contributed by atoms with Gasteiger partial charge in [-0.1, -0.05) is 19.0 Å². The SMILES string of the molecule is CCc1ncc(C)cc1/C=C/B1OC(C)(C)C(C)(C)O1. The molecule has 1 fully saturated rings. The summed E-state index contributed by atoms with van der Waals surface area (Å²) in [5.41, 5.74) is 2.82. The zero-order chi connectivity index (χ0) is 15.0. The van der Waals surface area contributed by atoms with E-state index in [0.717, 1.165) is 23.2 Å². The maximum Gasteiger partial charge on any atom is 0.487 e. The maximum atomic E-state index is 5.96. The first-order valence-corrected chi connectivity index (χ1v) is 7.24. The number of aromatic nitrogens is 1. The highest BCUT2D eigenvalue weighted by Gasteiger charge is 2.49. The topological polar surface area (TPSA) is 31.4 Å². The van der Waals surface area contributed by atoms with Gasteiger partial charge in [-0.05, 0) is 58.2 Å². The Kier molecular flexibility index (Phi) is 4.08. The minimum Gasteiger partial charge on any atom is -0.400 e. The number of nitrogens with zero attached hydrogens (tertiary/aromatic N) is 1. The molecule has 1 aromatic rings. The smallest absolute Gasteiger partial charge is 0.400 e. The van der Waals surface area contributed by atoms with Gasteiger partial charge in [0.05, 0.1) is 11.2 Å². The van der Waals surface area contributed by atoms with Crippen LogP contribution in [0.2, 0.25) is 0 Å². The zero-order valence-corrected chi connectivity index (χ0v) is 13.4. The van der Waals surface area contributed by atoms with E-state index in [1.54, 1.807) is 0 Å². The van der Waals surface area contributed by atoms with Crippen LogP contribution in [0.15, 0.2) is 18.2 Å². The summed E-state index contributed by atoms with van der Waals surface area (Å²) in [7, 11) is -0.301. The van der Waals surface area contributed by atoms with E-state index in [2.05, 4.69) is 58.7 Å². The quantitative estimate of drug-likeness (QED) is 0.788. The standard InChI is InChI=1S/C16H24BNO2/c1-7-14-13(10-12(2)11-18-14)8-9-17-19-15(3,4)16(5,6)20-17/h8-11H,7H2,1-6H3/b9-8+. The Hall–Kier alpha value is -1.13. The molecule has 2 heterocycles. The molecule has 0 amide bonds. The van der Waals surface area contributed by atoms with E-state index in [9.17, 15) is 0 Å². The molecule has 1 aliphatic rings. The van der Waals surface area contributed by atoms with E-state index in [1.165, 1.54) is 0 Å². The summed E-state index contributed by atoms with van der Waals surface area (Å²) in [4.78, 5) is 4.47. The minimum atomic E-state index is -0.301. The predicted octanol–water partition coefficient (Wildman–Crippen LogP) is 3.60. The molecule has 20 heavy (non-hydrogen) atoms. The molecule has 0 aromatic carbocycles. The summed E-state index contributed by atoms with van der Waals surface area (Å²) in [6.45, 7) is 12.4. The van der Waals surface area contributed by atoms with Crippen LogP contribution < -0.4 is 0 Å². The molecule has 0 saturated carbocycles. The molecule has 0 atom stereocenters. The Balaban J connectivity index is 2.17. The van der Waals surface area contributed by atoms with Gasteiger partial charge in [-0.2, -0.15) is 0 Å². The summed E-state index contributed by atoms with van der Waals surface area (Å²) in [5, 5.41) is 0. The summed E-state index contributed by atoms with van der Waals surface area (Å²) >= 11 is 0. The summed E-state index contributed by atoms with van der Waals surface area (Å²) in [6, 6.07) is 2.15. The lowest BCUT2D eigenvalue weighted by molar-refractivity contribution is 0.00578. The van der Waals surface area contributed by atoms with E-state index >= 15 is 0 Å². The van der Waals surface area contributed by atoms with Gasteiger partial charge < -0.3 is 9.31 Å². The number of hydrogen-bond acceptors (Lipinski definition) is 3. The van der Waals surface area contributed by atoms with Gasteiger partial charge in [0.15, 0.2) is 0 Å². The molecule has 4 heteroatoms. The lowest BCUT2D eigenvalue weighted by atomic mass is 9.88. The Morgan fingerprint density at radius 2 is 1.80 bits per heavy atom. The molecular weight excluding hydrogens is 249 g/mol. The highest BCUT2D eigenvalue weighted by molar-refractivity contribution is 6.52. The van der Waals surface area contributed by atoms with Crippen molar-refractivity contribution in [2.24, 2.45) is 0 Å². The van der Waals surface area contributed by atoms with Crippen LogP contribution in [0, 0.1) is 6.92 Å². The second kappa shape index (κ2) is 5.34. The second-order valence-corrected chi connectivity index (χ2v) is 6.39. The van der Waals surface area contributed by atoms with E-state index < -0.39 is 0 Å². The van der Waals surface area contributed by atoms with Crippen LogP contribution in [0.1, 0.15) is 51.4 Å². The third kappa shape index (κ3) is 2.96. The van der Waals surface area contributed by atoms with E-state index in [0.29, 0.717) is 0 Å². The highest BCUT2D eigenvalue weighted by Crippen LogP contribution is 2.37. The second-order valence-electron chi connectivity index (χ2n) is 6.39. The number of aryl methyl sites for hydroxylation is 2. The maximum absolute atomic E-state index is 5.96. The normalized spacial score (nSPS) is 20.8. The molecule has 0 spiro atoms. The van der Waals surface area contributed by atoms with Crippen molar-refractivity contribution in [2.45, 2.75) is 59.2 Å². The molecule has 108 valence electrons. The minimum absolute atomic E-state index is 0.291. The van der Waals surface area contributed by atoms with Gasteiger partial charge in [-0.15, -0.1) is 0 Å². The lowest BCUT2D eigenvalue weighted by Gasteiger charge is -2.32. The van der Waals surface area contributed by atoms with Crippen molar-refractivity contribution in [2.75, 3.05) is 0 Å². The Bertz CT molecular complexity index is 507. The number of rotatable bonds is 3. The highest BCUT2D eigenvalue weighted by atomic mass is 16.7. The molecule has 1 aromatic heterocycles. The summed E-state index contributed by atoms with van der Waals surface area (Å²) in [5.74, 6) is 1.98. The first-order chi connectivity index (χ1) is 9.25. The molecule has 0 unspecified atom stereocenters. The Morgan fingerprint density at radius 3 is 2.35 bits per heavy atom. The molecule has 0 N–H and O–H groups in total. The van der Waals surface area contributed by atoms with Gasteiger partial charge >= 0.3 is 7.12 Å². The Morgan fingerprint density at radius 1 is 1.20 bits per heavy atom. The molecule has 1 aliphatic heterocycles. The van der Waals surface area contributed by atoms with Crippen molar-refractivity contribution in [3.05, 3.63) is 35.1 Å². The fourth-order valence-corrected chi connectivity index (χ4v) is 2.21. The lowest BCUT2D eigenvalue weighted by Crippen LogP contribution is -2.41. The van der Waals surface area contributed by atoms with Crippen LogP contribution in [-0.4, -0.2) is 23.3 Å². The zero-order valence-electron chi connectivity index (χ0n) is 13.4. The molecule has 0 radical (unpaired) electrons.